The van der Waals surface area contributed by atoms with Gasteiger partial charge in [0.2, 0.25) is 11.8 Å². The minimum Gasteiger partial charge on any atom is -0.424 e. The Hall–Kier alpha value is -0.900. The lowest BCUT2D eigenvalue weighted by molar-refractivity contribution is 0.399. The Morgan fingerprint density at radius 3 is 2.93 bits per heavy atom. The largest absolute Gasteiger partial charge is 0.424 e. The molecule has 4 heteroatoms. The fourth-order valence-electron chi connectivity index (χ4n) is 1.55. The Bertz CT molecular complexity index is 293. The molecular formula is C10H17N3O. The monoisotopic (exact) mass is 195 g/mol. The van der Waals surface area contributed by atoms with Gasteiger partial charge >= 0.3 is 0 Å². The normalized spacial score (nSPS) is 18.4. The molecule has 1 heterocycles. The van der Waals surface area contributed by atoms with Gasteiger partial charge in [-0.05, 0) is 25.3 Å². The van der Waals surface area contributed by atoms with Crippen LogP contribution in [-0.4, -0.2) is 16.7 Å². The first-order chi connectivity index (χ1) is 6.81. The summed E-state index contributed by atoms with van der Waals surface area (Å²) < 4.78 is 5.56. The van der Waals surface area contributed by atoms with Crippen LogP contribution < -0.4 is 5.32 Å². The molecule has 14 heavy (non-hydrogen) atoms. The molecule has 0 aromatic carbocycles. The Kier molecular flexibility index (Phi) is 2.82. The summed E-state index contributed by atoms with van der Waals surface area (Å²) in [6.07, 6.45) is 2.62. The molecule has 78 valence electrons. The maximum Gasteiger partial charge on any atom is 0.230 e. The van der Waals surface area contributed by atoms with Crippen LogP contribution in [0.2, 0.25) is 0 Å². The molecule has 1 fully saturated rings. The Balaban J connectivity index is 1.94. The number of nitrogens with zero attached hydrogens (tertiary/aromatic N) is 2. The van der Waals surface area contributed by atoms with E-state index in [1.54, 1.807) is 0 Å². The molecule has 1 aromatic heterocycles. The molecular weight excluding hydrogens is 178 g/mol. The first-order valence-electron chi connectivity index (χ1n) is 5.34. The zero-order valence-electron chi connectivity index (χ0n) is 8.79. The summed E-state index contributed by atoms with van der Waals surface area (Å²) in [5, 5.41) is 11.2. The highest BCUT2D eigenvalue weighted by Gasteiger charge is 2.32. The van der Waals surface area contributed by atoms with Gasteiger partial charge in [-0.15, -0.1) is 10.2 Å². The summed E-state index contributed by atoms with van der Waals surface area (Å²) >= 11 is 0. The summed E-state index contributed by atoms with van der Waals surface area (Å²) in [5.41, 5.74) is 0. The van der Waals surface area contributed by atoms with Gasteiger partial charge < -0.3 is 9.73 Å². The number of nitrogens with one attached hydrogen (secondary N) is 1. The molecule has 1 aromatic rings. The van der Waals surface area contributed by atoms with Crippen LogP contribution in [-0.2, 0) is 6.54 Å². The first-order valence-corrected chi connectivity index (χ1v) is 5.34. The lowest BCUT2D eigenvalue weighted by atomic mass is 10.1. The molecule has 1 unspecified atom stereocenters. The van der Waals surface area contributed by atoms with E-state index < -0.39 is 0 Å². The zero-order valence-corrected chi connectivity index (χ0v) is 8.79. The Labute approximate surface area is 84.1 Å². The Morgan fingerprint density at radius 1 is 1.50 bits per heavy atom. The number of aromatic nitrogens is 2. The number of hydrogen-bond acceptors (Lipinski definition) is 4. The predicted molar refractivity (Wildman–Crippen MR) is 52.8 cm³/mol. The molecule has 1 atom stereocenters. The van der Waals surface area contributed by atoms with Gasteiger partial charge in [0, 0.05) is 5.92 Å². The van der Waals surface area contributed by atoms with E-state index in [4.69, 9.17) is 4.42 Å². The molecule has 1 aliphatic carbocycles. The first kappa shape index (κ1) is 9.65. The lowest BCUT2D eigenvalue weighted by Crippen LogP contribution is -2.11. The van der Waals surface area contributed by atoms with E-state index in [-0.39, 0.29) is 0 Å². The summed E-state index contributed by atoms with van der Waals surface area (Å²) in [7, 11) is 0. The van der Waals surface area contributed by atoms with Crippen LogP contribution in [0.15, 0.2) is 4.42 Å². The molecule has 1 aliphatic rings. The topological polar surface area (TPSA) is 51.0 Å². The maximum absolute atomic E-state index is 5.56. The van der Waals surface area contributed by atoms with Crippen molar-refractivity contribution in [2.45, 2.75) is 39.2 Å². The van der Waals surface area contributed by atoms with Gasteiger partial charge in [0.15, 0.2) is 0 Å². The number of hydrogen-bond donors (Lipinski definition) is 1. The van der Waals surface area contributed by atoms with Crippen LogP contribution in [0.3, 0.4) is 0 Å². The van der Waals surface area contributed by atoms with Gasteiger partial charge in [-0.25, -0.2) is 0 Å². The van der Waals surface area contributed by atoms with E-state index in [1.165, 1.54) is 12.8 Å². The predicted octanol–water partition coefficient (Wildman–Crippen LogP) is 1.69. The van der Waals surface area contributed by atoms with Gasteiger partial charge in [0.05, 0.1) is 6.54 Å². The zero-order chi connectivity index (χ0) is 9.97. The molecule has 4 nitrogen and oxygen atoms in total. The van der Waals surface area contributed by atoms with Gasteiger partial charge in [-0.1, -0.05) is 13.8 Å². The molecule has 0 radical (unpaired) electrons. The molecule has 0 amide bonds. The van der Waals surface area contributed by atoms with Crippen LogP contribution in [0, 0.1) is 5.92 Å². The summed E-state index contributed by atoms with van der Waals surface area (Å²) in [6.45, 7) is 5.84. The van der Waals surface area contributed by atoms with E-state index in [2.05, 4.69) is 29.4 Å². The lowest BCUT2D eigenvalue weighted by Gasteiger charge is -2.01. The van der Waals surface area contributed by atoms with Crippen LogP contribution in [0.1, 0.15) is 44.4 Å². The molecule has 1 saturated carbocycles. The second-order valence-electron chi connectivity index (χ2n) is 3.94. The average Bonchev–Trinajstić information content (AvgIpc) is 2.94. The van der Waals surface area contributed by atoms with Crippen molar-refractivity contribution in [2.75, 3.05) is 6.54 Å². The smallest absolute Gasteiger partial charge is 0.230 e. The second kappa shape index (κ2) is 4.09. The van der Waals surface area contributed by atoms with E-state index in [1.807, 2.05) is 0 Å². The summed E-state index contributed by atoms with van der Waals surface area (Å²) in [4.78, 5) is 0. The average molecular weight is 195 g/mol. The second-order valence-corrected chi connectivity index (χ2v) is 3.94. The molecule has 0 saturated heterocycles. The maximum atomic E-state index is 5.56. The van der Waals surface area contributed by atoms with E-state index >= 15 is 0 Å². The molecule has 2 rings (SSSR count). The highest BCUT2D eigenvalue weighted by molar-refractivity contribution is 4.97. The van der Waals surface area contributed by atoms with Crippen molar-refractivity contribution in [2.24, 2.45) is 5.92 Å². The van der Waals surface area contributed by atoms with Crippen molar-refractivity contribution in [1.29, 1.82) is 0 Å². The third kappa shape index (κ3) is 2.12. The number of rotatable bonds is 5. The van der Waals surface area contributed by atoms with Crippen LogP contribution in [0.5, 0.6) is 0 Å². The van der Waals surface area contributed by atoms with Gasteiger partial charge in [0.25, 0.3) is 0 Å². The molecule has 0 bridgehead atoms. The fourth-order valence-corrected chi connectivity index (χ4v) is 1.55. The van der Waals surface area contributed by atoms with Crippen LogP contribution in [0.4, 0.5) is 0 Å². The molecule has 0 spiro atoms. The molecule has 1 N–H and O–H groups in total. The van der Waals surface area contributed by atoms with Crippen molar-refractivity contribution in [3.63, 3.8) is 0 Å². The van der Waals surface area contributed by atoms with Crippen LogP contribution in [0.25, 0.3) is 0 Å². The third-order valence-electron chi connectivity index (χ3n) is 2.73. The minimum atomic E-state index is 0.442. The van der Waals surface area contributed by atoms with Crippen molar-refractivity contribution >= 4 is 0 Å². The van der Waals surface area contributed by atoms with E-state index in [0.29, 0.717) is 18.4 Å². The highest BCUT2D eigenvalue weighted by atomic mass is 16.4. The third-order valence-corrected chi connectivity index (χ3v) is 2.73. The summed E-state index contributed by atoms with van der Waals surface area (Å²) in [6, 6.07) is 0. The quantitative estimate of drug-likeness (QED) is 0.776. The van der Waals surface area contributed by atoms with Gasteiger partial charge in [0.1, 0.15) is 0 Å². The fraction of sp³-hybridized carbons (Fsp3) is 0.800. The Morgan fingerprint density at radius 2 is 2.29 bits per heavy atom. The van der Waals surface area contributed by atoms with Crippen molar-refractivity contribution < 1.29 is 4.42 Å². The highest BCUT2D eigenvalue weighted by Crippen LogP contribution is 2.41. The van der Waals surface area contributed by atoms with E-state index in [9.17, 15) is 0 Å². The van der Waals surface area contributed by atoms with Crippen molar-refractivity contribution in [1.82, 2.24) is 15.5 Å². The minimum absolute atomic E-state index is 0.442. The van der Waals surface area contributed by atoms with Crippen molar-refractivity contribution in [3.8, 4) is 0 Å². The van der Waals surface area contributed by atoms with Gasteiger partial charge in [-0.2, -0.15) is 0 Å². The summed E-state index contributed by atoms with van der Waals surface area (Å²) in [5.74, 6) is 2.73. The standard InChI is InChI=1S/C10H17N3O/c1-3-11-6-9-12-13-10(14-9)7(2)8-4-5-8/h7-8,11H,3-6H2,1-2H3. The van der Waals surface area contributed by atoms with Gasteiger partial charge in [-0.3, -0.25) is 0 Å². The molecule has 0 aliphatic heterocycles. The van der Waals surface area contributed by atoms with Crippen LogP contribution >= 0.6 is 0 Å². The SMILES string of the molecule is CCNCc1nnc(C(C)C2CC2)o1. The van der Waals surface area contributed by atoms with Crippen molar-refractivity contribution in [3.05, 3.63) is 11.8 Å². The van der Waals surface area contributed by atoms with E-state index in [0.717, 1.165) is 18.4 Å².